The molecule has 0 aromatic heterocycles. The van der Waals surface area contributed by atoms with Crippen molar-refractivity contribution in [3.05, 3.63) is 28.2 Å². The third-order valence-corrected chi connectivity index (χ3v) is 2.36. The lowest BCUT2D eigenvalue weighted by Crippen LogP contribution is -2.15. The fourth-order valence-electron chi connectivity index (χ4n) is 1.17. The average Bonchev–Trinajstić information content (AvgIpc) is 2.04. The normalized spacial score (nSPS) is 12.8. The van der Waals surface area contributed by atoms with E-state index in [-0.39, 0.29) is 11.8 Å². The first-order chi connectivity index (χ1) is 6.15. The smallest absolute Gasteiger partial charge is 0.121 e. The minimum Gasteiger partial charge on any atom is -0.508 e. The first-order valence-corrected chi connectivity index (χ1v) is 4.88. The van der Waals surface area contributed by atoms with Crippen molar-refractivity contribution in [1.29, 1.82) is 0 Å². The molecule has 1 aromatic carbocycles. The predicted octanol–water partition coefficient (Wildman–Crippen LogP) is 1.50. The van der Waals surface area contributed by atoms with Gasteiger partial charge in [0.1, 0.15) is 5.75 Å². The Kier molecular flexibility index (Phi) is 3.71. The molecule has 0 heterocycles. The van der Waals surface area contributed by atoms with Crippen LogP contribution in [0.4, 0.5) is 0 Å². The number of aromatic hydroxyl groups is 1. The Hall–Kier alpha value is -0.580. The van der Waals surface area contributed by atoms with Crippen LogP contribution in [-0.4, -0.2) is 11.7 Å². The molecule has 4 heteroatoms. The highest BCUT2D eigenvalue weighted by molar-refractivity contribution is 9.10. The molecule has 3 nitrogen and oxygen atoms in total. The summed E-state index contributed by atoms with van der Waals surface area (Å²) in [5.41, 5.74) is 11.9. The van der Waals surface area contributed by atoms with E-state index < -0.39 is 0 Å². The van der Waals surface area contributed by atoms with Gasteiger partial charge in [0.25, 0.3) is 0 Å². The number of rotatable bonds is 3. The topological polar surface area (TPSA) is 72.3 Å². The zero-order valence-corrected chi connectivity index (χ0v) is 8.79. The van der Waals surface area contributed by atoms with E-state index in [2.05, 4.69) is 15.9 Å². The summed E-state index contributed by atoms with van der Waals surface area (Å²) in [7, 11) is 0. The maximum Gasteiger partial charge on any atom is 0.121 e. The number of phenols is 1. The van der Waals surface area contributed by atoms with Gasteiger partial charge < -0.3 is 16.6 Å². The average molecular weight is 245 g/mol. The maximum atomic E-state index is 9.54. The molecule has 0 aliphatic rings. The standard InChI is InChI=1S/C9H13BrN2O/c10-6-1-2-7(9(13)5-6)8(12)3-4-11/h1-2,5,8,13H,3-4,11-12H2/t8-/m0/s1. The monoisotopic (exact) mass is 244 g/mol. The molecule has 0 saturated heterocycles. The van der Waals surface area contributed by atoms with E-state index in [1.807, 2.05) is 6.07 Å². The summed E-state index contributed by atoms with van der Waals surface area (Å²) >= 11 is 3.26. The van der Waals surface area contributed by atoms with Crippen LogP contribution in [0.3, 0.4) is 0 Å². The zero-order valence-electron chi connectivity index (χ0n) is 7.20. The molecule has 0 saturated carbocycles. The number of benzene rings is 1. The van der Waals surface area contributed by atoms with Gasteiger partial charge in [-0.1, -0.05) is 22.0 Å². The molecule has 0 unspecified atom stereocenters. The summed E-state index contributed by atoms with van der Waals surface area (Å²) in [6, 6.07) is 5.11. The first-order valence-electron chi connectivity index (χ1n) is 4.09. The molecule has 1 atom stereocenters. The summed E-state index contributed by atoms with van der Waals surface area (Å²) in [4.78, 5) is 0. The minimum absolute atomic E-state index is 0.182. The van der Waals surface area contributed by atoms with Crippen molar-refractivity contribution in [2.45, 2.75) is 12.5 Å². The second kappa shape index (κ2) is 4.60. The first kappa shape index (κ1) is 10.5. The van der Waals surface area contributed by atoms with E-state index in [9.17, 15) is 5.11 Å². The van der Waals surface area contributed by atoms with Crippen molar-refractivity contribution in [2.24, 2.45) is 11.5 Å². The van der Waals surface area contributed by atoms with Crippen LogP contribution in [0.15, 0.2) is 22.7 Å². The summed E-state index contributed by atoms with van der Waals surface area (Å²) in [6.45, 7) is 0.524. The lowest BCUT2D eigenvalue weighted by Gasteiger charge is -2.12. The van der Waals surface area contributed by atoms with Crippen LogP contribution in [0.5, 0.6) is 5.75 Å². The van der Waals surface area contributed by atoms with Crippen LogP contribution in [0.1, 0.15) is 18.0 Å². The molecule has 0 spiro atoms. The van der Waals surface area contributed by atoms with Gasteiger partial charge in [-0.05, 0) is 25.1 Å². The maximum absolute atomic E-state index is 9.54. The van der Waals surface area contributed by atoms with E-state index in [0.29, 0.717) is 13.0 Å². The fraction of sp³-hybridized carbons (Fsp3) is 0.333. The highest BCUT2D eigenvalue weighted by atomic mass is 79.9. The van der Waals surface area contributed by atoms with Gasteiger partial charge in [-0.25, -0.2) is 0 Å². The molecule has 0 aliphatic carbocycles. The number of hydrogen-bond donors (Lipinski definition) is 3. The Bertz CT molecular complexity index is 291. The van der Waals surface area contributed by atoms with Gasteiger partial charge >= 0.3 is 0 Å². The van der Waals surface area contributed by atoms with E-state index in [4.69, 9.17) is 11.5 Å². The van der Waals surface area contributed by atoms with E-state index in [1.165, 1.54) is 0 Å². The molecule has 1 rings (SSSR count). The molecule has 1 aromatic rings. The summed E-state index contributed by atoms with van der Waals surface area (Å²) in [6.07, 6.45) is 0.676. The molecule has 5 N–H and O–H groups in total. The summed E-state index contributed by atoms with van der Waals surface area (Å²) in [5, 5.41) is 9.54. The summed E-state index contributed by atoms with van der Waals surface area (Å²) < 4.78 is 0.841. The number of phenolic OH excluding ortho intramolecular Hbond substituents is 1. The van der Waals surface area contributed by atoms with Gasteiger partial charge in [-0.2, -0.15) is 0 Å². The quantitative estimate of drug-likeness (QED) is 0.755. The fourth-order valence-corrected chi connectivity index (χ4v) is 1.51. The second-order valence-electron chi connectivity index (χ2n) is 2.89. The van der Waals surface area contributed by atoms with Gasteiger partial charge in [0.2, 0.25) is 0 Å². The van der Waals surface area contributed by atoms with Crippen molar-refractivity contribution in [2.75, 3.05) is 6.54 Å². The van der Waals surface area contributed by atoms with Crippen molar-refractivity contribution < 1.29 is 5.11 Å². The third-order valence-electron chi connectivity index (χ3n) is 1.87. The molecule has 72 valence electrons. The molecule has 13 heavy (non-hydrogen) atoms. The SMILES string of the molecule is NCC[C@H](N)c1ccc(Br)cc1O. The Labute approximate surface area is 85.9 Å². The van der Waals surface area contributed by atoms with Gasteiger partial charge in [0.05, 0.1) is 0 Å². The van der Waals surface area contributed by atoms with Crippen molar-refractivity contribution in [3.63, 3.8) is 0 Å². The third kappa shape index (κ3) is 2.69. The predicted molar refractivity (Wildman–Crippen MR) is 56.4 cm³/mol. The molecular formula is C9H13BrN2O. The number of halogens is 1. The van der Waals surface area contributed by atoms with Crippen LogP contribution < -0.4 is 11.5 Å². The Balaban J connectivity index is 2.88. The van der Waals surface area contributed by atoms with Crippen molar-refractivity contribution >= 4 is 15.9 Å². The Morgan fingerprint density at radius 3 is 2.69 bits per heavy atom. The second-order valence-corrected chi connectivity index (χ2v) is 3.80. The van der Waals surface area contributed by atoms with Gasteiger partial charge in [-0.15, -0.1) is 0 Å². The summed E-state index contributed by atoms with van der Waals surface area (Å²) in [5.74, 6) is 0.218. The van der Waals surface area contributed by atoms with E-state index in [0.717, 1.165) is 10.0 Å². The van der Waals surface area contributed by atoms with Crippen LogP contribution in [-0.2, 0) is 0 Å². The van der Waals surface area contributed by atoms with Crippen LogP contribution in [0, 0.1) is 0 Å². The molecule has 0 aliphatic heterocycles. The van der Waals surface area contributed by atoms with Crippen LogP contribution >= 0.6 is 15.9 Å². The largest absolute Gasteiger partial charge is 0.508 e. The minimum atomic E-state index is -0.182. The lowest BCUT2D eigenvalue weighted by molar-refractivity contribution is 0.459. The molecular weight excluding hydrogens is 232 g/mol. The molecule has 0 amide bonds. The van der Waals surface area contributed by atoms with Crippen molar-refractivity contribution in [3.8, 4) is 5.75 Å². The lowest BCUT2D eigenvalue weighted by atomic mass is 10.0. The highest BCUT2D eigenvalue weighted by Gasteiger charge is 2.09. The van der Waals surface area contributed by atoms with Crippen molar-refractivity contribution in [1.82, 2.24) is 0 Å². The highest BCUT2D eigenvalue weighted by Crippen LogP contribution is 2.27. The molecule has 0 bridgehead atoms. The molecule has 0 fully saturated rings. The number of hydrogen-bond acceptors (Lipinski definition) is 3. The van der Waals surface area contributed by atoms with E-state index in [1.54, 1.807) is 12.1 Å². The number of nitrogens with two attached hydrogens (primary N) is 2. The Morgan fingerprint density at radius 1 is 1.46 bits per heavy atom. The van der Waals surface area contributed by atoms with Gasteiger partial charge in [0.15, 0.2) is 0 Å². The van der Waals surface area contributed by atoms with Crippen LogP contribution in [0.2, 0.25) is 0 Å². The van der Waals surface area contributed by atoms with Crippen LogP contribution in [0.25, 0.3) is 0 Å². The Morgan fingerprint density at radius 2 is 2.15 bits per heavy atom. The molecule has 0 radical (unpaired) electrons. The van der Waals surface area contributed by atoms with Gasteiger partial charge in [-0.3, -0.25) is 0 Å². The van der Waals surface area contributed by atoms with Gasteiger partial charge in [0, 0.05) is 16.1 Å². The zero-order chi connectivity index (χ0) is 9.84. The van der Waals surface area contributed by atoms with E-state index >= 15 is 0 Å².